The quantitative estimate of drug-likeness (QED) is 0.729. The minimum Gasteiger partial charge on any atom is -0.480 e. The number of benzene rings is 1. The molecule has 0 bridgehead atoms. The summed E-state index contributed by atoms with van der Waals surface area (Å²) < 4.78 is 0. The number of carbonyl (C=O) groups is 2. The summed E-state index contributed by atoms with van der Waals surface area (Å²) in [6.45, 7) is 5.56. The molecule has 2 N–H and O–H groups in total. The molecule has 0 aromatic heterocycles. The van der Waals surface area contributed by atoms with E-state index in [0.717, 1.165) is 51.9 Å². The molecule has 2 aliphatic rings. The first-order valence-corrected chi connectivity index (χ1v) is 10.1. The predicted octanol–water partition coefficient (Wildman–Crippen LogP) is 1.95. The third kappa shape index (κ3) is 5.53. The van der Waals surface area contributed by atoms with Crippen LogP contribution in [0.2, 0.25) is 0 Å². The molecule has 6 heteroatoms. The van der Waals surface area contributed by atoms with Crippen LogP contribution in [0.5, 0.6) is 0 Å². The van der Waals surface area contributed by atoms with E-state index in [9.17, 15) is 9.59 Å². The number of nitrogens with zero attached hydrogens (tertiary/aromatic N) is 2. The molecule has 1 heterocycles. The Morgan fingerprint density at radius 3 is 2.67 bits per heavy atom. The molecule has 1 saturated carbocycles. The maximum absolute atomic E-state index is 12.7. The van der Waals surface area contributed by atoms with Crippen molar-refractivity contribution in [2.24, 2.45) is 5.92 Å². The van der Waals surface area contributed by atoms with Crippen LogP contribution in [0.3, 0.4) is 0 Å². The molecule has 0 radical (unpaired) electrons. The van der Waals surface area contributed by atoms with E-state index in [0.29, 0.717) is 0 Å². The average Bonchev–Trinajstić information content (AvgIpc) is 2.63. The van der Waals surface area contributed by atoms with E-state index in [4.69, 9.17) is 5.11 Å². The number of nitrogens with one attached hydrogen (secondary N) is 1. The number of likely N-dealkylation sites (tertiary alicyclic amines) is 1. The lowest BCUT2D eigenvalue weighted by Gasteiger charge is -2.43. The Labute approximate surface area is 161 Å². The number of rotatable bonds is 8. The fraction of sp³-hybridized carbons (Fsp3) is 0.619. The van der Waals surface area contributed by atoms with Gasteiger partial charge in [-0.25, -0.2) is 0 Å². The van der Waals surface area contributed by atoms with Crippen molar-refractivity contribution in [3.05, 3.63) is 35.9 Å². The summed E-state index contributed by atoms with van der Waals surface area (Å²) in [5.74, 6) is -0.564. The van der Waals surface area contributed by atoms with Crippen LogP contribution in [0.15, 0.2) is 30.3 Å². The molecule has 148 valence electrons. The first-order chi connectivity index (χ1) is 13.0. The molecule has 3 rings (SSSR count). The fourth-order valence-corrected chi connectivity index (χ4v) is 4.25. The summed E-state index contributed by atoms with van der Waals surface area (Å²) in [5, 5.41) is 12.2. The fourth-order valence-electron chi connectivity index (χ4n) is 4.25. The molecule has 1 saturated heterocycles. The van der Waals surface area contributed by atoms with Gasteiger partial charge in [0.2, 0.25) is 5.91 Å². The monoisotopic (exact) mass is 373 g/mol. The van der Waals surface area contributed by atoms with Gasteiger partial charge in [0.1, 0.15) is 0 Å². The van der Waals surface area contributed by atoms with Crippen LogP contribution < -0.4 is 5.32 Å². The van der Waals surface area contributed by atoms with Gasteiger partial charge in [-0.05, 0) is 44.3 Å². The van der Waals surface area contributed by atoms with E-state index in [1.807, 2.05) is 17.9 Å². The van der Waals surface area contributed by atoms with Crippen LogP contribution in [-0.2, 0) is 16.1 Å². The highest BCUT2D eigenvalue weighted by atomic mass is 16.4. The molecule has 1 aromatic rings. The number of carboxylic acids is 1. The number of hydrogen-bond acceptors (Lipinski definition) is 4. The summed E-state index contributed by atoms with van der Waals surface area (Å²) in [6, 6.07) is 10.9. The van der Waals surface area contributed by atoms with Crippen molar-refractivity contribution >= 4 is 11.9 Å². The van der Waals surface area contributed by atoms with Crippen LogP contribution in [0.4, 0.5) is 0 Å². The minimum atomic E-state index is -0.787. The zero-order valence-corrected chi connectivity index (χ0v) is 16.1. The van der Waals surface area contributed by atoms with E-state index >= 15 is 0 Å². The lowest BCUT2D eigenvalue weighted by molar-refractivity contribution is -0.140. The Morgan fingerprint density at radius 1 is 1.26 bits per heavy atom. The number of aliphatic carboxylic acids is 1. The van der Waals surface area contributed by atoms with Crippen LogP contribution >= 0.6 is 0 Å². The van der Waals surface area contributed by atoms with E-state index in [2.05, 4.69) is 34.5 Å². The van der Waals surface area contributed by atoms with Crippen molar-refractivity contribution < 1.29 is 14.7 Å². The Hall–Kier alpha value is -1.92. The highest BCUT2D eigenvalue weighted by molar-refractivity contribution is 5.79. The van der Waals surface area contributed by atoms with Crippen molar-refractivity contribution in [3.63, 3.8) is 0 Å². The molecule has 1 atom stereocenters. The average molecular weight is 373 g/mol. The molecule has 6 nitrogen and oxygen atoms in total. The Morgan fingerprint density at radius 2 is 2.00 bits per heavy atom. The molecule has 2 fully saturated rings. The molecule has 1 aromatic carbocycles. The number of carbonyl (C=O) groups excluding carboxylic acids is 1. The zero-order chi connectivity index (χ0) is 19.2. The normalized spacial score (nSPS) is 25.8. The molecular formula is C21H31N3O3. The zero-order valence-electron chi connectivity index (χ0n) is 16.1. The third-order valence-electron chi connectivity index (χ3n) is 5.85. The van der Waals surface area contributed by atoms with Gasteiger partial charge in [-0.3, -0.25) is 19.4 Å². The molecule has 27 heavy (non-hydrogen) atoms. The largest absolute Gasteiger partial charge is 0.480 e. The van der Waals surface area contributed by atoms with Gasteiger partial charge >= 0.3 is 5.97 Å². The summed E-state index contributed by atoms with van der Waals surface area (Å²) in [5.41, 5.74) is 1.29. The Kier molecular flexibility index (Phi) is 6.85. The second-order valence-corrected chi connectivity index (χ2v) is 7.85. The molecule has 1 amide bonds. The third-order valence-corrected chi connectivity index (χ3v) is 5.85. The predicted molar refractivity (Wildman–Crippen MR) is 104 cm³/mol. The summed E-state index contributed by atoms with van der Waals surface area (Å²) in [7, 11) is 0. The molecular weight excluding hydrogens is 342 g/mol. The Balaban J connectivity index is 1.43. The highest BCUT2D eigenvalue weighted by Crippen LogP contribution is 2.27. The van der Waals surface area contributed by atoms with Gasteiger partial charge < -0.3 is 10.4 Å². The van der Waals surface area contributed by atoms with Crippen LogP contribution in [0, 0.1) is 5.92 Å². The summed E-state index contributed by atoms with van der Waals surface area (Å²) >= 11 is 0. The van der Waals surface area contributed by atoms with Gasteiger partial charge in [0.15, 0.2) is 0 Å². The highest BCUT2D eigenvalue weighted by Gasteiger charge is 2.36. The lowest BCUT2D eigenvalue weighted by atomic mass is 9.84. The van der Waals surface area contributed by atoms with Crippen molar-refractivity contribution in [3.8, 4) is 0 Å². The van der Waals surface area contributed by atoms with E-state index in [-0.39, 0.29) is 30.5 Å². The first-order valence-electron chi connectivity index (χ1n) is 10.1. The van der Waals surface area contributed by atoms with Gasteiger partial charge in [0.05, 0.1) is 12.5 Å². The number of likely N-dealkylation sites (N-methyl/N-ethyl adjacent to an activating group) is 1. The van der Waals surface area contributed by atoms with Crippen LogP contribution in [0.1, 0.15) is 38.2 Å². The molecule has 1 unspecified atom stereocenters. The standard InChI is InChI=1S/C21H31N3O3/c1-2-24(15-20(25)26)19-11-18(12-19)22-21(27)17-9-6-10-23(14-17)13-16-7-4-3-5-8-16/h3-5,7-8,17-19H,2,6,9-15H2,1H3,(H,22,27)(H,25,26). The summed E-state index contributed by atoms with van der Waals surface area (Å²) in [6.07, 6.45) is 3.72. The van der Waals surface area contributed by atoms with Gasteiger partial charge in [0, 0.05) is 25.2 Å². The van der Waals surface area contributed by atoms with Crippen molar-refractivity contribution in [2.45, 2.75) is 51.2 Å². The SMILES string of the molecule is CCN(CC(=O)O)C1CC(NC(=O)C2CCCN(Cc3ccccc3)C2)C1. The smallest absolute Gasteiger partial charge is 0.317 e. The lowest BCUT2D eigenvalue weighted by Crippen LogP contribution is -2.56. The van der Waals surface area contributed by atoms with Gasteiger partial charge in [-0.2, -0.15) is 0 Å². The van der Waals surface area contributed by atoms with Gasteiger partial charge in [-0.15, -0.1) is 0 Å². The maximum Gasteiger partial charge on any atom is 0.317 e. The molecule has 1 aliphatic carbocycles. The van der Waals surface area contributed by atoms with Crippen molar-refractivity contribution in [1.29, 1.82) is 0 Å². The minimum absolute atomic E-state index is 0.0582. The second kappa shape index (κ2) is 9.33. The van der Waals surface area contributed by atoms with Gasteiger partial charge in [0.25, 0.3) is 0 Å². The maximum atomic E-state index is 12.7. The first kappa shape index (κ1) is 19.8. The van der Waals surface area contributed by atoms with E-state index in [1.165, 1.54) is 5.56 Å². The Bertz CT molecular complexity index is 631. The summed E-state index contributed by atoms with van der Waals surface area (Å²) in [4.78, 5) is 28.0. The van der Waals surface area contributed by atoms with Crippen LogP contribution in [0.25, 0.3) is 0 Å². The number of hydrogen-bond donors (Lipinski definition) is 2. The number of piperidine rings is 1. The topological polar surface area (TPSA) is 72.9 Å². The van der Waals surface area contributed by atoms with Crippen LogP contribution in [-0.4, -0.2) is 65.0 Å². The number of amides is 1. The van der Waals surface area contributed by atoms with Crippen molar-refractivity contribution in [2.75, 3.05) is 26.2 Å². The van der Waals surface area contributed by atoms with E-state index < -0.39 is 5.97 Å². The molecule has 1 aliphatic heterocycles. The van der Waals surface area contributed by atoms with Gasteiger partial charge in [-0.1, -0.05) is 37.3 Å². The second-order valence-electron chi connectivity index (χ2n) is 7.85. The molecule has 0 spiro atoms. The van der Waals surface area contributed by atoms with Crippen molar-refractivity contribution in [1.82, 2.24) is 15.1 Å². The van der Waals surface area contributed by atoms with E-state index in [1.54, 1.807) is 0 Å². The number of carboxylic acid groups (broad SMARTS) is 1.